The second-order valence-corrected chi connectivity index (χ2v) is 2.05. The predicted octanol–water partition coefficient (Wildman–Crippen LogP) is 1.48. The Morgan fingerprint density at radius 1 is 1.78 bits per heavy atom. The molecule has 1 aliphatic heterocycles. The molecule has 1 rings (SSSR count). The van der Waals surface area contributed by atoms with Gasteiger partial charge in [0.15, 0.2) is 0 Å². The van der Waals surface area contributed by atoms with E-state index in [0.717, 1.165) is 19.4 Å². The van der Waals surface area contributed by atoms with Crippen molar-refractivity contribution in [2.24, 2.45) is 5.11 Å². The number of hydrogen-bond donors (Lipinski definition) is 0. The summed E-state index contributed by atoms with van der Waals surface area (Å²) < 4.78 is 4.95. The average Bonchev–Trinajstić information content (AvgIpc) is 2.63. The quantitative estimate of drug-likeness (QED) is 0.185. The van der Waals surface area contributed by atoms with E-state index < -0.39 is 0 Å². The molecule has 0 aromatic heterocycles. The third-order valence-electron chi connectivity index (χ3n) is 1.25. The fourth-order valence-corrected chi connectivity index (χ4v) is 0.669. The second kappa shape index (κ2) is 3.33. The lowest BCUT2D eigenvalue weighted by molar-refractivity contribution is 0.393. The Kier molecular flexibility index (Phi) is 2.36. The van der Waals surface area contributed by atoms with Gasteiger partial charge in [0.25, 0.3) is 0 Å². The maximum Gasteiger partial charge on any atom is 0.0810 e. The molecule has 1 unspecified atom stereocenters. The molecule has 0 bridgehead atoms. The first kappa shape index (κ1) is 6.39. The average molecular weight is 127 g/mol. The molecule has 0 saturated carbocycles. The fraction of sp³-hybridized carbons (Fsp3) is 1.00. The van der Waals surface area contributed by atoms with Crippen LogP contribution in [0.15, 0.2) is 5.11 Å². The highest BCUT2D eigenvalue weighted by Crippen LogP contribution is 2.14. The van der Waals surface area contributed by atoms with Crippen molar-refractivity contribution in [1.82, 2.24) is 0 Å². The van der Waals surface area contributed by atoms with Crippen molar-refractivity contribution in [2.75, 3.05) is 13.2 Å². The van der Waals surface area contributed by atoms with E-state index in [2.05, 4.69) is 10.0 Å². The molecule has 1 aliphatic rings. The standard InChI is InChI=1S/C5H9N3O/c6-8-7-3-1-2-5-4-9-5/h5H,1-4H2. The predicted molar refractivity (Wildman–Crippen MR) is 33.0 cm³/mol. The molecule has 1 saturated heterocycles. The highest BCUT2D eigenvalue weighted by molar-refractivity contribution is 4.68. The van der Waals surface area contributed by atoms with Gasteiger partial charge in [-0.1, -0.05) is 5.11 Å². The Hall–Kier alpha value is -0.730. The molecule has 0 N–H and O–H groups in total. The lowest BCUT2D eigenvalue weighted by Crippen LogP contribution is -1.86. The van der Waals surface area contributed by atoms with E-state index in [1.807, 2.05) is 0 Å². The van der Waals surface area contributed by atoms with Crippen LogP contribution < -0.4 is 0 Å². The first-order chi connectivity index (χ1) is 4.43. The molecule has 0 radical (unpaired) electrons. The summed E-state index contributed by atoms with van der Waals surface area (Å²) in [4.78, 5) is 2.64. The Balaban J connectivity index is 1.86. The molecule has 1 atom stereocenters. The normalized spacial score (nSPS) is 22.9. The van der Waals surface area contributed by atoms with Crippen molar-refractivity contribution in [2.45, 2.75) is 18.9 Å². The van der Waals surface area contributed by atoms with Gasteiger partial charge in [-0.25, -0.2) is 0 Å². The molecular formula is C5H9N3O. The maximum atomic E-state index is 7.87. The van der Waals surface area contributed by atoms with Crippen molar-refractivity contribution < 1.29 is 4.74 Å². The van der Waals surface area contributed by atoms with Gasteiger partial charge in [0.1, 0.15) is 0 Å². The molecule has 1 fully saturated rings. The van der Waals surface area contributed by atoms with Crippen LogP contribution in [0.25, 0.3) is 10.4 Å². The molecule has 1 heterocycles. The number of nitrogens with zero attached hydrogens (tertiary/aromatic N) is 3. The van der Waals surface area contributed by atoms with Crippen LogP contribution in [-0.2, 0) is 4.74 Å². The summed E-state index contributed by atoms with van der Waals surface area (Å²) in [6.45, 7) is 1.51. The van der Waals surface area contributed by atoms with Crippen LogP contribution in [0.5, 0.6) is 0 Å². The second-order valence-electron chi connectivity index (χ2n) is 2.05. The highest BCUT2D eigenvalue weighted by Gasteiger charge is 2.20. The summed E-state index contributed by atoms with van der Waals surface area (Å²) in [7, 11) is 0. The zero-order chi connectivity index (χ0) is 6.53. The van der Waals surface area contributed by atoms with Crippen LogP contribution >= 0.6 is 0 Å². The molecule has 4 heteroatoms. The number of hydrogen-bond acceptors (Lipinski definition) is 2. The summed E-state index contributed by atoms with van der Waals surface area (Å²) >= 11 is 0. The van der Waals surface area contributed by atoms with Crippen LogP contribution in [0.1, 0.15) is 12.8 Å². The topological polar surface area (TPSA) is 61.3 Å². The summed E-state index contributed by atoms with van der Waals surface area (Å²) in [6.07, 6.45) is 2.46. The van der Waals surface area contributed by atoms with E-state index in [1.165, 1.54) is 0 Å². The summed E-state index contributed by atoms with van der Waals surface area (Å²) in [5.41, 5.74) is 7.87. The van der Waals surface area contributed by atoms with Gasteiger partial charge in [-0.2, -0.15) is 0 Å². The van der Waals surface area contributed by atoms with E-state index in [9.17, 15) is 0 Å². The minimum atomic E-state index is 0.471. The molecule has 0 aliphatic carbocycles. The van der Waals surface area contributed by atoms with Gasteiger partial charge in [0.05, 0.1) is 12.7 Å². The largest absolute Gasteiger partial charge is 0.373 e. The van der Waals surface area contributed by atoms with E-state index >= 15 is 0 Å². The number of rotatable bonds is 4. The van der Waals surface area contributed by atoms with Gasteiger partial charge in [0, 0.05) is 11.5 Å². The molecule has 0 amide bonds. The van der Waals surface area contributed by atoms with Crippen LogP contribution in [0.3, 0.4) is 0 Å². The van der Waals surface area contributed by atoms with Crippen molar-refractivity contribution in [3.05, 3.63) is 10.4 Å². The molecule has 50 valence electrons. The fourth-order valence-electron chi connectivity index (χ4n) is 0.669. The van der Waals surface area contributed by atoms with Gasteiger partial charge in [-0.15, -0.1) is 0 Å². The summed E-state index contributed by atoms with van der Waals surface area (Å²) in [6, 6.07) is 0. The Labute approximate surface area is 53.4 Å². The van der Waals surface area contributed by atoms with Crippen molar-refractivity contribution in [1.29, 1.82) is 0 Å². The van der Waals surface area contributed by atoms with Gasteiger partial charge < -0.3 is 4.74 Å². The van der Waals surface area contributed by atoms with Crippen molar-refractivity contribution >= 4 is 0 Å². The number of azide groups is 1. The maximum absolute atomic E-state index is 7.87. The van der Waals surface area contributed by atoms with E-state index in [4.69, 9.17) is 10.3 Å². The molecular weight excluding hydrogens is 118 g/mol. The molecule has 0 aromatic rings. The van der Waals surface area contributed by atoms with Gasteiger partial charge >= 0.3 is 0 Å². The van der Waals surface area contributed by atoms with Crippen LogP contribution in [0.4, 0.5) is 0 Å². The minimum Gasteiger partial charge on any atom is -0.373 e. The van der Waals surface area contributed by atoms with Gasteiger partial charge in [-0.05, 0) is 18.4 Å². The Morgan fingerprint density at radius 3 is 3.11 bits per heavy atom. The molecule has 0 aromatic carbocycles. The SMILES string of the molecule is [N-]=[N+]=NCCCC1CO1. The lowest BCUT2D eigenvalue weighted by atomic mass is 10.2. The Bertz CT molecular complexity index is 126. The van der Waals surface area contributed by atoms with Crippen molar-refractivity contribution in [3.63, 3.8) is 0 Å². The van der Waals surface area contributed by atoms with E-state index in [1.54, 1.807) is 0 Å². The van der Waals surface area contributed by atoms with Gasteiger partial charge in [0.2, 0.25) is 0 Å². The molecule has 0 spiro atoms. The van der Waals surface area contributed by atoms with Crippen molar-refractivity contribution in [3.8, 4) is 0 Å². The monoisotopic (exact) mass is 127 g/mol. The van der Waals surface area contributed by atoms with E-state index in [0.29, 0.717) is 12.6 Å². The van der Waals surface area contributed by atoms with Gasteiger partial charge in [-0.3, -0.25) is 0 Å². The minimum absolute atomic E-state index is 0.471. The zero-order valence-electron chi connectivity index (χ0n) is 5.16. The van der Waals surface area contributed by atoms with Crippen LogP contribution in [0, 0.1) is 0 Å². The zero-order valence-corrected chi connectivity index (χ0v) is 5.16. The first-order valence-corrected chi connectivity index (χ1v) is 3.06. The van der Waals surface area contributed by atoms with Crippen LogP contribution in [-0.4, -0.2) is 19.3 Å². The lowest BCUT2D eigenvalue weighted by Gasteiger charge is -1.87. The summed E-state index contributed by atoms with van der Waals surface area (Å²) in [5.74, 6) is 0. The molecule has 4 nitrogen and oxygen atoms in total. The highest BCUT2D eigenvalue weighted by atomic mass is 16.6. The first-order valence-electron chi connectivity index (χ1n) is 3.06. The third-order valence-corrected chi connectivity index (χ3v) is 1.25. The van der Waals surface area contributed by atoms with Crippen LogP contribution in [0.2, 0.25) is 0 Å². The molecule has 9 heavy (non-hydrogen) atoms. The number of epoxide rings is 1. The summed E-state index contributed by atoms with van der Waals surface area (Å²) in [5, 5.41) is 3.40. The third kappa shape index (κ3) is 2.95. The number of ether oxygens (including phenoxy) is 1. The Morgan fingerprint density at radius 2 is 2.56 bits per heavy atom. The smallest absolute Gasteiger partial charge is 0.0810 e. The van der Waals surface area contributed by atoms with E-state index in [-0.39, 0.29) is 0 Å².